The number of carbonyl (C=O) groups excluding carboxylic acids is 1. The molecule has 4 aromatic rings. The second-order valence-electron chi connectivity index (χ2n) is 6.39. The molecule has 1 N–H and O–H groups in total. The number of anilines is 1. The number of para-hydroxylation sites is 2. The smallest absolute Gasteiger partial charge is 0.295 e. The van der Waals surface area contributed by atoms with E-state index in [1.54, 1.807) is 31.0 Å². The number of aromatic nitrogens is 3. The number of benzene rings is 3. The van der Waals surface area contributed by atoms with Gasteiger partial charge in [0.1, 0.15) is 11.5 Å². The summed E-state index contributed by atoms with van der Waals surface area (Å²) in [6.07, 6.45) is 0. The molecule has 7 heteroatoms. The van der Waals surface area contributed by atoms with Gasteiger partial charge in [0.25, 0.3) is 5.91 Å². The lowest BCUT2D eigenvalue weighted by molar-refractivity contribution is 0.101. The van der Waals surface area contributed by atoms with Crippen molar-refractivity contribution in [3.63, 3.8) is 0 Å². The van der Waals surface area contributed by atoms with Crippen molar-refractivity contribution < 1.29 is 14.3 Å². The molecule has 1 heterocycles. The first-order chi connectivity index (χ1) is 14.7. The van der Waals surface area contributed by atoms with Crippen molar-refractivity contribution in [2.24, 2.45) is 0 Å². The second kappa shape index (κ2) is 8.48. The minimum absolute atomic E-state index is 0.0515. The van der Waals surface area contributed by atoms with Crippen LogP contribution in [0.3, 0.4) is 0 Å². The Bertz CT molecular complexity index is 1150. The van der Waals surface area contributed by atoms with E-state index in [-0.39, 0.29) is 5.82 Å². The van der Waals surface area contributed by atoms with Gasteiger partial charge in [-0.25, -0.2) is 9.67 Å². The van der Waals surface area contributed by atoms with Gasteiger partial charge in [-0.2, -0.15) is 0 Å². The average Bonchev–Trinajstić information content (AvgIpc) is 3.26. The van der Waals surface area contributed by atoms with Crippen molar-refractivity contribution in [2.45, 2.75) is 0 Å². The van der Waals surface area contributed by atoms with Crippen molar-refractivity contribution >= 4 is 11.6 Å². The summed E-state index contributed by atoms with van der Waals surface area (Å²) in [6.45, 7) is 0. The first-order valence-corrected chi connectivity index (χ1v) is 9.31. The summed E-state index contributed by atoms with van der Waals surface area (Å²) in [7, 11) is 3.16. The third kappa shape index (κ3) is 3.86. The van der Waals surface area contributed by atoms with Crippen LogP contribution in [0.2, 0.25) is 0 Å². The molecule has 0 saturated heterocycles. The van der Waals surface area contributed by atoms with E-state index in [9.17, 15) is 4.79 Å². The van der Waals surface area contributed by atoms with Crippen molar-refractivity contribution in [3.8, 4) is 28.6 Å². The van der Waals surface area contributed by atoms with Gasteiger partial charge in [-0.05, 0) is 36.4 Å². The van der Waals surface area contributed by atoms with Gasteiger partial charge in [-0.15, -0.1) is 5.10 Å². The Labute approximate surface area is 173 Å². The first-order valence-electron chi connectivity index (χ1n) is 9.31. The van der Waals surface area contributed by atoms with E-state index >= 15 is 0 Å². The molecule has 30 heavy (non-hydrogen) atoms. The topological polar surface area (TPSA) is 78.3 Å². The van der Waals surface area contributed by atoms with Crippen LogP contribution in [0.1, 0.15) is 10.6 Å². The van der Waals surface area contributed by atoms with Crippen LogP contribution in [0.15, 0.2) is 78.9 Å². The number of ether oxygens (including phenoxy) is 2. The minimum Gasteiger partial charge on any atom is -0.497 e. The zero-order valence-corrected chi connectivity index (χ0v) is 16.6. The Morgan fingerprint density at radius 2 is 1.57 bits per heavy atom. The first kappa shape index (κ1) is 19.2. The van der Waals surface area contributed by atoms with Crippen LogP contribution in [0.5, 0.6) is 11.5 Å². The summed E-state index contributed by atoms with van der Waals surface area (Å²) >= 11 is 0. The summed E-state index contributed by atoms with van der Waals surface area (Å²) in [4.78, 5) is 17.4. The highest BCUT2D eigenvalue weighted by atomic mass is 16.5. The SMILES string of the molecule is COc1ccc(-n2nc(C(=O)Nc3ccccc3OC)nc2-c2ccccc2)cc1. The van der Waals surface area contributed by atoms with Crippen LogP contribution >= 0.6 is 0 Å². The van der Waals surface area contributed by atoms with Crippen molar-refractivity contribution in [1.82, 2.24) is 14.8 Å². The molecule has 0 saturated carbocycles. The monoisotopic (exact) mass is 400 g/mol. The van der Waals surface area contributed by atoms with Crippen LogP contribution in [-0.4, -0.2) is 34.9 Å². The molecule has 1 amide bonds. The van der Waals surface area contributed by atoms with Crippen LogP contribution in [0.25, 0.3) is 17.1 Å². The third-order valence-electron chi connectivity index (χ3n) is 4.51. The molecular formula is C23H20N4O3. The number of nitrogens with one attached hydrogen (secondary N) is 1. The van der Waals surface area contributed by atoms with Crippen molar-refractivity contribution in [1.29, 1.82) is 0 Å². The average molecular weight is 400 g/mol. The molecule has 0 aliphatic heterocycles. The van der Waals surface area contributed by atoms with Crippen LogP contribution in [-0.2, 0) is 0 Å². The molecule has 1 aromatic heterocycles. The van der Waals surface area contributed by atoms with E-state index in [2.05, 4.69) is 15.4 Å². The zero-order valence-electron chi connectivity index (χ0n) is 16.6. The highest BCUT2D eigenvalue weighted by Crippen LogP contribution is 2.25. The normalized spacial score (nSPS) is 10.5. The molecule has 0 radical (unpaired) electrons. The summed E-state index contributed by atoms with van der Waals surface area (Å²) in [5, 5.41) is 7.29. The molecule has 3 aromatic carbocycles. The van der Waals surface area contributed by atoms with E-state index in [0.29, 0.717) is 17.3 Å². The Morgan fingerprint density at radius 1 is 0.867 bits per heavy atom. The van der Waals surface area contributed by atoms with Gasteiger partial charge >= 0.3 is 0 Å². The van der Waals surface area contributed by atoms with Gasteiger partial charge in [-0.3, -0.25) is 4.79 Å². The fourth-order valence-electron chi connectivity index (χ4n) is 3.01. The fourth-order valence-corrected chi connectivity index (χ4v) is 3.01. The van der Waals surface area contributed by atoms with Gasteiger partial charge in [0.15, 0.2) is 5.82 Å². The Hall–Kier alpha value is -4.13. The molecule has 0 aliphatic carbocycles. The van der Waals surface area contributed by atoms with Crippen molar-refractivity contribution in [2.75, 3.05) is 19.5 Å². The number of nitrogens with zero attached hydrogens (tertiary/aromatic N) is 3. The van der Waals surface area contributed by atoms with Gasteiger partial charge < -0.3 is 14.8 Å². The van der Waals surface area contributed by atoms with Gasteiger partial charge in [0, 0.05) is 5.56 Å². The number of hydrogen-bond acceptors (Lipinski definition) is 5. The molecule has 0 atom stereocenters. The molecule has 150 valence electrons. The summed E-state index contributed by atoms with van der Waals surface area (Å²) in [5.41, 5.74) is 2.16. The highest BCUT2D eigenvalue weighted by Gasteiger charge is 2.20. The Balaban J connectivity index is 1.74. The minimum atomic E-state index is -0.427. The molecule has 7 nitrogen and oxygen atoms in total. The van der Waals surface area contributed by atoms with E-state index in [1.807, 2.05) is 66.7 Å². The predicted molar refractivity (Wildman–Crippen MR) is 114 cm³/mol. The number of carbonyl (C=O) groups is 1. The van der Waals surface area contributed by atoms with Crippen molar-refractivity contribution in [3.05, 3.63) is 84.7 Å². The molecule has 0 bridgehead atoms. The molecule has 4 rings (SSSR count). The Kier molecular flexibility index (Phi) is 5.43. The van der Waals surface area contributed by atoms with Gasteiger partial charge in [0.2, 0.25) is 5.82 Å². The maximum atomic E-state index is 12.9. The lowest BCUT2D eigenvalue weighted by Crippen LogP contribution is -2.15. The highest BCUT2D eigenvalue weighted by molar-refractivity contribution is 6.02. The van der Waals surface area contributed by atoms with Crippen LogP contribution in [0.4, 0.5) is 5.69 Å². The number of hydrogen-bond donors (Lipinski definition) is 1. The largest absolute Gasteiger partial charge is 0.497 e. The number of rotatable bonds is 6. The molecular weight excluding hydrogens is 380 g/mol. The standard InChI is InChI=1S/C23H20N4O3/c1-29-18-14-12-17(13-15-18)27-22(16-8-4-3-5-9-16)25-21(26-27)23(28)24-19-10-6-7-11-20(19)30-2/h3-15H,1-2H3,(H,24,28). The summed E-state index contributed by atoms with van der Waals surface area (Å²) < 4.78 is 12.2. The van der Waals surface area contributed by atoms with Crippen LogP contribution in [0, 0.1) is 0 Å². The van der Waals surface area contributed by atoms with Crippen LogP contribution < -0.4 is 14.8 Å². The molecule has 0 aliphatic rings. The number of methoxy groups -OCH3 is 2. The van der Waals surface area contributed by atoms with E-state index in [4.69, 9.17) is 9.47 Å². The zero-order chi connectivity index (χ0) is 20.9. The lowest BCUT2D eigenvalue weighted by Gasteiger charge is -2.08. The third-order valence-corrected chi connectivity index (χ3v) is 4.51. The maximum absolute atomic E-state index is 12.9. The number of amides is 1. The van der Waals surface area contributed by atoms with Gasteiger partial charge in [-0.1, -0.05) is 42.5 Å². The molecule has 0 spiro atoms. The summed E-state index contributed by atoms with van der Waals surface area (Å²) in [5.74, 6) is 1.48. The second-order valence-corrected chi connectivity index (χ2v) is 6.39. The van der Waals surface area contributed by atoms with E-state index in [1.165, 1.54) is 0 Å². The Morgan fingerprint density at radius 3 is 2.27 bits per heavy atom. The predicted octanol–water partition coefficient (Wildman–Crippen LogP) is 4.20. The fraction of sp³-hybridized carbons (Fsp3) is 0.0870. The quantitative estimate of drug-likeness (QED) is 0.525. The van der Waals surface area contributed by atoms with E-state index in [0.717, 1.165) is 17.0 Å². The lowest BCUT2D eigenvalue weighted by atomic mass is 10.2. The molecule has 0 unspecified atom stereocenters. The summed E-state index contributed by atoms with van der Waals surface area (Å²) in [6, 6.07) is 24.2. The van der Waals surface area contributed by atoms with Gasteiger partial charge in [0.05, 0.1) is 25.6 Å². The maximum Gasteiger partial charge on any atom is 0.295 e. The molecule has 0 fully saturated rings. The van der Waals surface area contributed by atoms with E-state index < -0.39 is 5.91 Å².